The Morgan fingerprint density at radius 3 is 1.98 bits per heavy atom. The summed E-state index contributed by atoms with van der Waals surface area (Å²) in [5.41, 5.74) is 1.31. The average Bonchev–Trinajstić information content (AvgIpc) is 3.35. The van der Waals surface area contributed by atoms with Gasteiger partial charge in [-0.1, -0.05) is 25.7 Å². The zero-order valence-corrected chi connectivity index (χ0v) is 26.2. The van der Waals surface area contributed by atoms with Gasteiger partial charge in [0.1, 0.15) is 24.9 Å². The van der Waals surface area contributed by atoms with E-state index in [-0.39, 0.29) is 5.92 Å². The number of carbonyl (C=O) groups is 6. The maximum absolute atomic E-state index is 12.8. The highest BCUT2D eigenvalue weighted by atomic mass is 16.7. The van der Waals surface area contributed by atoms with Crippen LogP contribution >= 0.6 is 0 Å². The predicted molar refractivity (Wildman–Crippen MR) is 149 cm³/mol. The van der Waals surface area contributed by atoms with Crippen LogP contribution in [0, 0.1) is 23.7 Å². The van der Waals surface area contributed by atoms with Crippen LogP contribution in [0.25, 0.3) is 0 Å². The van der Waals surface area contributed by atoms with Crippen molar-refractivity contribution in [1.29, 1.82) is 0 Å². The fraction of sp³-hybridized carbons (Fsp3) is 0.677. The fourth-order valence-corrected chi connectivity index (χ4v) is 6.95. The standard InChI is InChI=1S/C31H40O14/c1-12-9-22(39-16(5)33)25-14(3)30(37)45-27(25)24-13(2)21(10-20(12)24)43-31-29(42-19(8)36)28(41-18(7)35)26(40-17(6)34)23(44-31)11-38-15(4)32/h14,20-29,31H,1-2,9-11H2,3-8H3. The number of hydrogen-bond donors (Lipinski definition) is 0. The van der Waals surface area contributed by atoms with E-state index in [1.165, 1.54) is 13.8 Å². The van der Waals surface area contributed by atoms with E-state index in [1.807, 2.05) is 0 Å². The minimum absolute atomic E-state index is 0.278. The maximum Gasteiger partial charge on any atom is 0.309 e. The van der Waals surface area contributed by atoms with E-state index >= 15 is 0 Å². The molecule has 0 radical (unpaired) electrons. The molecule has 45 heavy (non-hydrogen) atoms. The molecule has 2 aliphatic heterocycles. The van der Waals surface area contributed by atoms with Gasteiger partial charge in [0.25, 0.3) is 0 Å². The van der Waals surface area contributed by atoms with E-state index in [2.05, 4.69) is 13.2 Å². The summed E-state index contributed by atoms with van der Waals surface area (Å²) in [6.07, 6.45) is -8.12. The lowest BCUT2D eigenvalue weighted by Crippen LogP contribution is -2.63. The molecular formula is C31H40O14. The van der Waals surface area contributed by atoms with Gasteiger partial charge in [-0.25, -0.2) is 0 Å². The van der Waals surface area contributed by atoms with Gasteiger partial charge < -0.3 is 37.9 Å². The lowest BCUT2D eigenvalue weighted by atomic mass is 9.79. The highest BCUT2D eigenvalue weighted by molar-refractivity contribution is 5.75. The van der Waals surface area contributed by atoms with Crippen molar-refractivity contribution in [3.63, 3.8) is 0 Å². The van der Waals surface area contributed by atoms with E-state index < -0.39 is 109 Å². The first-order valence-corrected chi connectivity index (χ1v) is 14.8. The van der Waals surface area contributed by atoms with Crippen molar-refractivity contribution in [1.82, 2.24) is 0 Å². The van der Waals surface area contributed by atoms with E-state index in [4.69, 9.17) is 37.9 Å². The molecule has 14 nitrogen and oxygen atoms in total. The smallest absolute Gasteiger partial charge is 0.309 e. The summed E-state index contributed by atoms with van der Waals surface area (Å²) >= 11 is 0. The Kier molecular flexibility index (Phi) is 10.4. The second-order valence-corrected chi connectivity index (χ2v) is 11.9. The van der Waals surface area contributed by atoms with Crippen molar-refractivity contribution in [2.24, 2.45) is 23.7 Å². The average molecular weight is 637 g/mol. The van der Waals surface area contributed by atoms with E-state index in [9.17, 15) is 28.8 Å². The monoisotopic (exact) mass is 636 g/mol. The molecule has 248 valence electrons. The van der Waals surface area contributed by atoms with Crippen LogP contribution in [0.4, 0.5) is 0 Å². The van der Waals surface area contributed by atoms with Crippen LogP contribution < -0.4 is 0 Å². The molecular weight excluding hydrogens is 596 g/mol. The van der Waals surface area contributed by atoms with Gasteiger partial charge in [0.2, 0.25) is 0 Å². The molecule has 0 aromatic carbocycles. The highest BCUT2D eigenvalue weighted by Crippen LogP contribution is 2.54. The molecule has 2 heterocycles. The number of esters is 6. The van der Waals surface area contributed by atoms with Crippen LogP contribution in [0.1, 0.15) is 54.4 Å². The first-order chi connectivity index (χ1) is 21.1. The second kappa shape index (κ2) is 13.7. The summed E-state index contributed by atoms with van der Waals surface area (Å²) in [6.45, 7) is 15.8. The number of hydrogen-bond acceptors (Lipinski definition) is 14. The molecule has 14 heteroatoms. The first-order valence-electron chi connectivity index (χ1n) is 14.8. The van der Waals surface area contributed by atoms with Crippen LogP contribution in [0.3, 0.4) is 0 Å². The number of rotatable bonds is 8. The van der Waals surface area contributed by atoms with E-state index in [0.717, 1.165) is 26.3 Å². The summed E-state index contributed by atoms with van der Waals surface area (Å²) in [7, 11) is 0. The van der Waals surface area contributed by atoms with Crippen molar-refractivity contribution >= 4 is 35.8 Å². The van der Waals surface area contributed by atoms with Gasteiger partial charge in [-0.05, 0) is 17.9 Å². The molecule has 0 spiro atoms. The lowest BCUT2D eigenvalue weighted by molar-refractivity contribution is -0.314. The molecule has 12 atom stereocenters. The zero-order valence-electron chi connectivity index (χ0n) is 26.2. The van der Waals surface area contributed by atoms with Crippen LogP contribution in [0.15, 0.2) is 24.3 Å². The first kappa shape index (κ1) is 34.1. The lowest BCUT2D eigenvalue weighted by Gasteiger charge is -2.44. The fourth-order valence-electron chi connectivity index (χ4n) is 6.95. The van der Waals surface area contributed by atoms with Crippen molar-refractivity contribution in [2.45, 2.75) is 103 Å². The Bertz CT molecular complexity index is 1260. The van der Waals surface area contributed by atoms with Gasteiger partial charge in [0, 0.05) is 52.9 Å². The van der Waals surface area contributed by atoms with Crippen LogP contribution in [0.5, 0.6) is 0 Å². The van der Waals surface area contributed by atoms with Crippen molar-refractivity contribution in [2.75, 3.05) is 6.61 Å². The van der Waals surface area contributed by atoms with Gasteiger partial charge in [-0.15, -0.1) is 0 Å². The van der Waals surface area contributed by atoms with Gasteiger partial charge in [-0.3, -0.25) is 28.8 Å². The van der Waals surface area contributed by atoms with Gasteiger partial charge in [0.15, 0.2) is 24.6 Å². The van der Waals surface area contributed by atoms with Crippen LogP contribution in [-0.2, 0) is 66.7 Å². The molecule has 4 fully saturated rings. The van der Waals surface area contributed by atoms with E-state index in [0.29, 0.717) is 18.4 Å². The van der Waals surface area contributed by atoms with Crippen molar-refractivity contribution < 1.29 is 66.7 Å². The summed E-state index contributed by atoms with van der Waals surface area (Å²) in [5.74, 6) is -5.52. The normalized spacial score (nSPS) is 37.3. The Morgan fingerprint density at radius 2 is 1.40 bits per heavy atom. The SMILES string of the molecule is C=C1CC(OC(C)=O)C2C(C)C(=O)OC2C2C(=C)C(OC3OC(COC(C)=O)C(OC(C)=O)C(OC(C)=O)C3OC(C)=O)CC12. The maximum atomic E-state index is 12.8. The Balaban J connectivity index is 1.67. The topological polar surface area (TPSA) is 176 Å². The number of carbonyl (C=O) groups excluding carboxylic acids is 6. The summed E-state index contributed by atoms with van der Waals surface area (Å²) < 4.78 is 45.6. The third kappa shape index (κ3) is 7.38. The van der Waals surface area contributed by atoms with Crippen LogP contribution in [0.2, 0.25) is 0 Å². The van der Waals surface area contributed by atoms with Crippen molar-refractivity contribution in [3.05, 3.63) is 24.3 Å². The number of ether oxygens (including phenoxy) is 8. The highest BCUT2D eigenvalue weighted by Gasteiger charge is 2.60. The molecule has 4 aliphatic rings. The van der Waals surface area contributed by atoms with E-state index in [1.54, 1.807) is 6.92 Å². The molecule has 0 N–H and O–H groups in total. The Hall–Kier alpha value is -3.78. The molecule has 0 bridgehead atoms. The Labute approximate surface area is 260 Å². The quantitative estimate of drug-likeness (QED) is 0.214. The largest absolute Gasteiger partial charge is 0.463 e. The molecule has 0 aromatic heterocycles. The Morgan fingerprint density at radius 1 is 0.822 bits per heavy atom. The van der Waals surface area contributed by atoms with Gasteiger partial charge in [-0.2, -0.15) is 0 Å². The molecule has 2 saturated carbocycles. The third-order valence-corrected chi connectivity index (χ3v) is 8.66. The van der Waals surface area contributed by atoms with Gasteiger partial charge >= 0.3 is 35.8 Å². The third-order valence-electron chi connectivity index (χ3n) is 8.66. The minimum Gasteiger partial charge on any atom is -0.463 e. The number of fused-ring (bicyclic) bond motifs is 3. The summed E-state index contributed by atoms with van der Waals surface area (Å²) in [6, 6.07) is 0. The molecule has 2 aliphatic carbocycles. The summed E-state index contributed by atoms with van der Waals surface area (Å²) in [5, 5.41) is 0. The second-order valence-electron chi connectivity index (χ2n) is 11.9. The molecule has 0 aromatic rings. The van der Waals surface area contributed by atoms with Gasteiger partial charge in [0.05, 0.1) is 12.0 Å². The minimum atomic E-state index is -1.41. The summed E-state index contributed by atoms with van der Waals surface area (Å²) in [4.78, 5) is 72.8. The molecule has 0 amide bonds. The van der Waals surface area contributed by atoms with Crippen LogP contribution in [-0.4, -0.2) is 91.4 Å². The molecule has 4 rings (SSSR count). The molecule has 12 unspecified atom stereocenters. The predicted octanol–water partition coefficient (Wildman–Crippen LogP) is 1.72. The molecule has 2 saturated heterocycles. The van der Waals surface area contributed by atoms with Crippen molar-refractivity contribution in [3.8, 4) is 0 Å². The zero-order chi connectivity index (χ0) is 33.3.